The number of halogens is 8. The maximum absolute atomic E-state index is 13.3. The summed E-state index contributed by atoms with van der Waals surface area (Å²) in [4.78, 5) is 74.7. The number of nitrogens with one attached hydrogen (secondary N) is 1. The second-order valence-electron chi connectivity index (χ2n) is 21.2. The molecule has 0 radical (unpaired) electrons. The molecule has 0 aromatic heterocycles. The number of hydrogen-bond acceptors (Lipinski definition) is 26. The smallest absolute Gasteiger partial charge is 0.409 e. The lowest BCUT2D eigenvalue weighted by molar-refractivity contribution is -0.385. The van der Waals surface area contributed by atoms with E-state index in [1.54, 1.807) is 6.07 Å². The van der Waals surface area contributed by atoms with Crippen LogP contribution in [0.25, 0.3) is 0 Å². The van der Waals surface area contributed by atoms with Crippen molar-refractivity contribution in [2.24, 2.45) is 0 Å². The highest BCUT2D eigenvalue weighted by Gasteiger charge is 2.37. The van der Waals surface area contributed by atoms with Crippen molar-refractivity contribution in [1.29, 1.82) is 0 Å². The van der Waals surface area contributed by atoms with Gasteiger partial charge < -0.3 is 39.8 Å². The lowest BCUT2D eigenvalue weighted by Crippen LogP contribution is -2.50. The molecule has 7 aromatic carbocycles. The number of benzene rings is 7. The first-order valence-electron chi connectivity index (χ1n) is 29.3. The quantitative estimate of drug-likeness (QED) is 0.0393. The second kappa shape index (κ2) is 42.7. The number of carbonyl (C=O) groups is 2. The van der Waals surface area contributed by atoms with E-state index >= 15 is 0 Å². The van der Waals surface area contributed by atoms with Crippen molar-refractivity contribution >= 4 is 177 Å². The summed E-state index contributed by atoms with van der Waals surface area (Å²) >= 11 is 41.0. The van der Waals surface area contributed by atoms with Gasteiger partial charge in [-0.1, -0.05) is 111 Å². The monoisotopic (exact) mass is 1770 g/mol. The summed E-state index contributed by atoms with van der Waals surface area (Å²) in [5, 5.41) is 57.9. The van der Waals surface area contributed by atoms with E-state index in [0.29, 0.717) is 28.2 Å². The summed E-state index contributed by atoms with van der Waals surface area (Å²) < 4.78 is 124. The number of sulfonamides is 3. The number of nitrogen functional groups attached to an aromatic ring is 1. The molecular formula is C62H70Cl8N12O24S4. The molecule has 48 heteroatoms. The Balaban J connectivity index is 0.000000481. The van der Waals surface area contributed by atoms with Crippen LogP contribution in [0.3, 0.4) is 0 Å². The van der Waals surface area contributed by atoms with Gasteiger partial charge in [0.15, 0.2) is 0 Å². The summed E-state index contributed by atoms with van der Waals surface area (Å²) in [5.74, 6) is 0.0261. The zero-order valence-corrected chi connectivity index (χ0v) is 63.4. The maximum Gasteiger partial charge on any atom is 0.409 e. The highest BCUT2D eigenvalue weighted by atomic mass is 35.7. The molecule has 3 aliphatic heterocycles. The number of nitrogens with two attached hydrogens (primary N) is 1. The minimum Gasteiger partial charge on any atom is -0.454 e. The fourth-order valence-electron chi connectivity index (χ4n) is 9.16. The molecule has 36 nitrogen and oxygen atoms in total. The van der Waals surface area contributed by atoms with Crippen LogP contribution in [-0.4, -0.2) is 186 Å². The number of carbonyl (C=O) groups excluding carboxylic acids is 2. The third kappa shape index (κ3) is 26.0. The van der Waals surface area contributed by atoms with Crippen LogP contribution in [0.1, 0.15) is 29.7 Å². The number of amides is 2. The number of nitrogens with zero attached hydrogens (tertiary/aromatic N) is 10. The highest BCUT2D eigenvalue weighted by Crippen LogP contribution is 2.41. The van der Waals surface area contributed by atoms with Gasteiger partial charge in [0.2, 0.25) is 30.1 Å². The van der Waals surface area contributed by atoms with E-state index in [0.717, 1.165) is 57.1 Å². The Morgan fingerprint density at radius 2 is 0.664 bits per heavy atom. The molecule has 602 valence electrons. The summed E-state index contributed by atoms with van der Waals surface area (Å²) in [7, 11) is -8.76. The number of nitro benzene ring substituents is 5. The molecule has 7 aromatic rings. The lowest BCUT2D eigenvalue weighted by Gasteiger charge is -2.33. The molecule has 0 unspecified atom stereocenters. The Morgan fingerprint density at radius 1 is 0.382 bits per heavy atom. The van der Waals surface area contributed by atoms with Gasteiger partial charge in [-0.25, -0.2) is 43.3 Å². The molecular weight excluding hydrogens is 1710 g/mol. The second-order valence-corrected chi connectivity index (χ2v) is 32.3. The van der Waals surface area contributed by atoms with Crippen molar-refractivity contribution in [3.05, 3.63) is 213 Å². The number of anilines is 1. The van der Waals surface area contributed by atoms with Gasteiger partial charge >= 0.3 is 12.2 Å². The summed E-state index contributed by atoms with van der Waals surface area (Å²) in [6.07, 6.45) is -1.09. The largest absolute Gasteiger partial charge is 0.454 e. The molecule has 3 fully saturated rings. The minimum absolute atomic E-state index is 0. The van der Waals surface area contributed by atoms with Gasteiger partial charge in [-0.2, -0.15) is 12.9 Å². The van der Waals surface area contributed by atoms with E-state index in [9.17, 15) is 93.8 Å². The average Bonchev–Trinajstić information content (AvgIpc) is 0.779. The molecule has 3 saturated heterocycles. The minimum atomic E-state index is -4.20. The van der Waals surface area contributed by atoms with E-state index < -0.39 is 91.4 Å². The molecule has 0 saturated carbocycles. The maximum atomic E-state index is 13.3. The standard InChI is InChI=1S/C18H17Cl2N3O7S.C16H15Cl2N3O5S.C12H14ClN3O6S.C6H3Cl2NO4S.C6H5ClN2O2.4CH4/c1-29-18(24)21-6-8-22(9-7-21)31(27,28)17-11-13(23(25)26)3-5-15(17)30-16-10-12(19)2-4-14(16)20;17-11-1-3-13(18)15(9-11)26-14-4-2-12(21(22)23)10-16(14)27(24,25)20-7-5-19-6-8-20;1-22-12(17)14-4-6-15(7-5-14)23(20,21)11-8-9(16(18)19)2-3-10(11)13;7-5-2-1-4(9(10)11)3-6(5)14(8,12)13;7-5-2-1-4(9(10)11)3-6(5)8;;;;/h2-5,10-11H,6-9H2,1H3;1-4,9-10,19H,5-8H2;2-3,8H,4-7H2,1H3;1-3H;1-3H,8H2;4*1H4. The van der Waals surface area contributed by atoms with Crippen LogP contribution in [0.2, 0.25) is 35.2 Å². The van der Waals surface area contributed by atoms with Crippen molar-refractivity contribution in [2.45, 2.75) is 49.3 Å². The van der Waals surface area contributed by atoms with Crippen molar-refractivity contribution in [1.82, 2.24) is 28.0 Å². The van der Waals surface area contributed by atoms with Gasteiger partial charge in [-0.15, -0.1) is 0 Å². The first-order valence-corrected chi connectivity index (χ1v) is 38.6. The van der Waals surface area contributed by atoms with E-state index in [1.165, 1.54) is 101 Å². The van der Waals surface area contributed by atoms with Crippen LogP contribution in [0.15, 0.2) is 147 Å². The molecule has 3 N–H and O–H groups in total. The van der Waals surface area contributed by atoms with Crippen LogP contribution in [-0.2, 0) is 48.6 Å². The Kier molecular flexibility index (Phi) is 37.9. The number of piperazine rings is 3. The Hall–Kier alpha value is -8.56. The third-order valence-corrected chi connectivity index (χ3v) is 23.9. The molecule has 10 rings (SSSR count). The molecule has 0 aliphatic carbocycles. The van der Waals surface area contributed by atoms with Crippen LogP contribution in [0.4, 0.5) is 43.7 Å². The van der Waals surface area contributed by atoms with Crippen LogP contribution in [0.5, 0.6) is 23.0 Å². The predicted octanol–water partition coefficient (Wildman–Crippen LogP) is 14.9. The first kappa shape index (κ1) is 97.5. The third-order valence-electron chi connectivity index (χ3n) is 14.5. The number of hydrogen-bond donors (Lipinski definition) is 2. The van der Waals surface area contributed by atoms with Crippen LogP contribution >= 0.6 is 91.9 Å². The Bertz CT molecular complexity index is 4990. The van der Waals surface area contributed by atoms with E-state index in [-0.39, 0.29) is 176 Å². The number of ether oxygens (including phenoxy) is 4. The van der Waals surface area contributed by atoms with Gasteiger partial charge in [0.25, 0.3) is 37.5 Å². The fraction of sp³-hybridized carbons (Fsp3) is 0.290. The van der Waals surface area contributed by atoms with E-state index in [2.05, 4.69) is 14.8 Å². The molecule has 2 amide bonds. The van der Waals surface area contributed by atoms with Crippen molar-refractivity contribution in [3.8, 4) is 23.0 Å². The zero-order valence-electron chi connectivity index (χ0n) is 54.1. The summed E-state index contributed by atoms with van der Waals surface area (Å²) in [6, 6.07) is 25.7. The SMILES string of the molecule is C.C.C.C.COC(=O)N1CCN(S(=O)(=O)c2cc([N+](=O)[O-])ccc2Cl)CC1.COC(=O)N1CCN(S(=O)(=O)c2cc([N+](=O)[O-])ccc2Oc2cc(Cl)ccc2Cl)CC1.Nc1cc([N+](=O)[O-])ccc1Cl.O=[N+]([O-])c1ccc(Cl)c(S(=O)(=O)Cl)c1.O=[N+]([O-])c1ccc(Oc2cc(Cl)ccc2Cl)c(S(=O)(=O)N2CCNCC2)c1. The Morgan fingerprint density at radius 3 is 0.991 bits per heavy atom. The van der Waals surface area contributed by atoms with Gasteiger partial charge in [0.05, 0.1) is 69.6 Å². The lowest BCUT2D eigenvalue weighted by atomic mass is 10.3. The summed E-state index contributed by atoms with van der Waals surface area (Å²) in [5.41, 5.74) is 3.98. The van der Waals surface area contributed by atoms with Gasteiger partial charge in [0, 0.05) is 172 Å². The van der Waals surface area contributed by atoms with Crippen LogP contribution < -0.4 is 20.5 Å². The molecule has 0 spiro atoms. The van der Waals surface area contributed by atoms with Gasteiger partial charge in [0.1, 0.15) is 42.6 Å². The zero-order chi connectivity index (χ0) is 78.9. The van der Waals surface area contributed by atoms with Gasteiger partial charge in [-0.05, 0) is 54.6 Å². The van der Waals surface area contributed by atoms with Gasteiger partial charge in [-0.3, -0.25) is 50.6 Å². The number of non-ortho nitro benzene ring substituents is 5. The first-order chi connectivity index (χ1) is 49.6. The predicted molar refractivity (Wildman–Crippen MR) is 415 cm³/mol. The number of nitro groups is 5. The molecule has 3 heterocycles. The number of rotatable bonds is 16. The Labute approximate surface area is 671 Å². The van der Waals surface area contributed by atoms with Crippen molar-refractivity contribution in [3.63, 3.8) is 0 Å². The molecule has 3 aliphatic rings. The fourth-order valence-corrected chi connectivity index (χ4v) is 16.5. The average molecular weight is 1780 g/mol. The van der Waals surface area contributed by atoms with Crippen LogP contribution in [0, 0.1) is 50.6 Å². The summed E-state index contributed by atoms with van der Waals surface area (Å²) in [6.45, 7) is 2.10. The van der Waals surface area contributed by atoms with E-state index in [4.69, 9.17) is 107 Å². The highest BCUT2D eigenvalue weighted by molar-refractivity contribution is 8.13. The molecule has 0 atom stereocenters. The number of methoxy groups -OCH3 is 2. The van der Waals surface area contributed by atoms with Crippen molar-refractivity contribution in [2.75, 3.05) is 98.5 Å². The molecule has 110 heavy (non-hydrogen) atoms. The van der Waals surface area contributed by atoms with E-state index in [1.807, 2.05) is 0 Å². The van der Waals surface area contributed by atoms with Crippen molar-refractivity contribution < 1.29 is 86.8 Å². The molecule has 0 bridgehead atoms. The normalized spacial score (nSPS) is 13.8. The topological polar surface area (TPSA) is 478 Å².